The highest BCUT2D eigenvalue weighted by Gasteiger charge is 2.52. The highest BCUT2D eigenvalue weighted by Crippen LogP contribution is 2.60. The average Bonchev–Trinajstić information content (AvgIpc) is 3.14. The van der Waals surface area contributed by atoms with Gasteiger partial charge in [0.15, 0.2) is 34.5 Å². The van der Waals surface area contributed by atoms with Gasteiger partial charge in [-0.15, -0.1) is 0 Å². The third-order valence-electron chi connectivity index (χ3n) is 11.4. The summed E-state index contributed by atoms with van der Waals surface area (Å²) in [6.45, 7) is 36.2. The molecule has 4 fully saturated rings. The number of ether oxygens (including phenoxy) is 9. The van der Waals surface area contributed by atoms with E-state index in [-0.39, 0.29) is 54.9 Å². The molecular weight excluding hydrogens is 881 g/mol. The van der Waals surface area contributed by atoms with Gasteiger partial charge in [-0.25, -0.2) is 0 Å². The van der Waals surface area contributed by atoms with Crippen molar-refractivity contribution >= 4 is 16.9 Å². The van der Waals surface area contributed by atoms with Gasteiger partial charge in [0.1, 0.15) is 28.1 Å². The van der Waals surface area contributed by atoms with E-state index >= 15 is 0 Å². The fraction of sp³-hybridized carbons (Fsp3) is 0.661. The lowest BCUT2D eigenvalue weighted by molar-refractivity contribution is -0.327. The van der Waals surface area contributed by atoms with Crippen molar-refractivity contribution in [2.24, 2.45) is 23.2 Å². The van der Waals surface area contributed by atoms with Crippen LogP contribution in [0.15, 0.2) is 51.1 Å². The second kappa shape index (κ2) is 23.5. The summed E-state index contributed by atoms with van der Waals surface area (Å²) in [5, 5.41) is 11.1. The van der Waals surface area contributed by atoms with Gasteiger partial charge in [0, 0.05) is 47.8 Å². The molecule has 68 heavy (non-hydrogen) atoms. The number of aliphatic carboxylic acids is 1. The largest absolute Gasteiger partial charge is 0.550 e. The Labute approximate surface area is 411 Å². The molecule has 11 nitrogen and oxygen atoms in total. The van der Waals surface area contributed by atoms with Gasteiger partial charge in [-0.05, 0) is 181 Å². The van der Waals surface area contributed by atoms with Crippen LogP contribution in [0.4, 0.5) is 0 Å². The molecule has 0 N–H and O–H groups in total. The van der Waals surface area contributed by atoms with Gasteiger partial charge < -0.3 is 52.5 Å². The first kappa shape index (κ1) is 54.6. The fourth-order valence-corrected chi connectivity index (χ4v) is 12.5. The molecule has 7 rings (SSSR count). The first-order chi connectivity index (χ1) is 31.8. The van der Waals surface area contributed by atoms with E-state index in [4.69, 9.17) is 42.6 Å². The molecule has 0 aromatic heterocycles. The van der Waals surface area contributed by atoms with Crippen molar-refractivity contribution in [3.63, 3.8) is 0 Å². The monoisotopic (exact) mass is 965 g/mol. The first-order valence-electron chi connectivity index (χ1n) is 25.3. The molecule has 12 heteroatoms. The highest BCUT2D eigenvalue weighted by molar-refractivity contribution is 7.97. The molecule has 0 amide bonds. The van der Waals surface area contributed by atoms with Crippen LogP contribution in [0.2, 0.25) is 0 Å². The van der Waals surface area contributed by atoms with Crippen molar-refractivity contribution in [3.05, 3.63) is 36.4 Å². The minimum atomic E-state index is -1.16. The van der Waals surface area contributed by atoms with Gasteiger partial charge in [0.25, 0.3) is 14.7 Å². The van der Waals surface area contributed by atoms with E-state index in [1.165, 1.54) is 19.3 Å². The standard InChI is InChI=1S/C45H69O9S.C11H16O2/c1-25(2)46-34-19-37(49-28(7)8)43(38(20-34)50-29(9)10)55(44-39(51-30(11)12)21-35(47-26(3)4)22-40(44)52-31(13)14)45-41(53-32(15)16)23-36(48-27(5)6)24-42(45)54-33(17)18;12-10(13)11-4-7-1-8(5-11)3-9(2-7)6-11/h19-33H,1-18H3;7-9H,1-6H2,(H,12,13)/q+1;/p-1. The van der Waals surface area contributed by atoms with E-state index in [0.29, 0.717) is 69.5 Å². The SMILES string of the molecule is CC(C)Oc1cc(OC(C)C)c([S+](c2c(OC(C)C)cc(OC(C)C)cc2OC(C)C)c2c(OC(C)C)cc(OC(C)C)cc2OC(C)C)c(OC(C)C)c1.O=C([O-])C12CC3CC(CC(C3)C1)C2. The van der Waals surface area contributed by atoms with Gasteiger partial charge in [0.05, 0.1) is 54.9 Å². The van der Waals surface area contributed by atoms with Crippen LogP contribution in [-0.4, -0.2) is 60.9 Å². The Morgan fingerprint density at radius 2 is 0.588 bits per heavy atom. The zero-order chi connectivity index (χ0) is 50.4. The molecule has 3 aromatic rings. The predicted octanol–water partition coefficient (Wildman–Crippen LogP) is 12.8. The molecule has 0 heterocycles. The molecule has 0 saturated heterocycles. The van der Waals surface area contributed by atoms with Gasteiger partial charge >= 0.3 is 0 Å². The molecule has 0 spiro atoms. The van der Waals surface area contributed by atoms with Gasteiger partial charge in [-0.2, -0.15) is 0 Å². The van der Waals surface area contributed by atoms with Crippen LogP contribution in [0.1, 0.15) is 163 Å². The number of benzene rings is 3. The Balaban J connectivity index is 0.000000559. The molecule has 0 radical (unpaired) electrons. The summed E-state index contributed by atoms with van der Waals surface area (Å²) >= 11 is 0. The van der Waals surface area contributed by atoms with Crippen molar-refractivity contribution in [1.29, 1.82) is 0 Å². The highest BCUT2D eigenvalue weighted by atomic mass is 32.2. The van der Waals surface area contributed by atoms with Crippen LogP contribution in [0, 0.1) is 23.2 Å². The first-order valence-corrected chi connectivity index (χ1v) is 26.5. The Hall–Kier alpha value is -4.32. The molecule has 0 aliphatic heterocycles. The maximum atomic E-state index is 11.1. The molecular formula is C56H84O11S. The second-order valence-electron chi connectivity index (χ2n) is 21.5. The summed E-state index contributed by atoms with van der Waals surface area (Å²) in [4.78, 5) is 13.4. The predicted molar refractivity (Wildman–Crippen MR) is 269 cm³/mol. The molecule has 4 aliphatic carbocycles. The van der Waals surface area contributed by atoms with E-state index in [1.807, 2.05) is 161 Å². The third kappa shape index (κ3) is 14.6. The molecule has 4 aliphatic rings. The maximum absolute atomic E-state index is 11.1. The zero-order valence-corrected chi connectivity index (χ0v) is 45.4. The molecule has 380 valence electrons. The van der Waals surface area contributed by atoms with Crippen LogP contribution in [0.5, 0.6) is 51.7 Å². The number of rotatable bonds is 22. The summed E-state index contributed by atoms with van der Waals surface area (Å²) in [6, 6.07) is 11.7. The lowest BCUT2D eigenvalue weighted by Crippen LogP contribution is -2.54. The summed E-state index contributed by atoms with van der Waals surface area (Å²) in [7, 11) is -1.16. The van der Waals surface area contributed by atoms with Crippen LogP contribution in [0.25, 0.3) is 0 Å². The lowest BCUT2D eigenvalue weighted by atomic mass is 9.49. The summed E-state index contributed by atoms with van der Waals surface area (Å²) in [5.74, 6) is 6.82. The molecule has 0 atom stereocenters. The Bertz CT molecular complexity index is 1800. The average molecular weight is 965 g/mol. The normalized spacial score (nSPS) is 19.7. The number of carboxylic acid groups (broad SMARTS) is 1. The van der Waals surface area contributed by atoms with Crippen molar-refractivity contribution in [1.82, 2.24) is 0 Å². The molecule has 4 bridgehead atoms. The van der Waals surface area contributed by atoms with Crippen molar-refractivity contribution < 1.29 is 52.5 Å². The Morgan fingerprint density at radius 1 is 0.397 bits per heavy atom. The van der Waals surface area contributed by atoms with Crippen LogP contribution in [0.3, 0.4) is 0 Å². The Morgan fingerprint density at radius 3 is 0.750 bits per heavy atom. The number of carboxylic acids is 1. The van der Waals surface area contributed by atoms with Gasteiger partial charge in [-0.1, -0.05) is 0 Å². The zero-order valence-electron chi connectivity index (χ0n) is 44.5. The number of carbonyl (C=O) groups excluding carboxylic acids is 1. The van der Waals surface area contributed by atoms with E-state index in [0.717, 1.165) is 33.9 Å². The quantitative estimate of drug-likeness (QED) is 0.0894. The van der Waals surface area contributed by atoms with Gasteiger partial charge in [0.2, 0.25) is 0 Å². The summed E-state index contributed by atoms with van der Waals surface area (Å²) in [6.07, 6.45) is 5.25. The number of hydrogen-bond acceptors (Lipinski definition) is 11. The molecule has 0 unspecified atom stereocenters. The minimum absolute atomic E-state index is 0.0842. The molecule has 3 aromatic carbocycles. The van der Waals surface area contributed by atoms with Crippen LogP contribution >= 0.6 is 0 Å². The minimum Gasteiger partial charge on any atom is -0.550 e. The number of hydrogen-bond donors (Lipinski definition) is 0. The summed E-state index contributed by atoms with van der Waals surface area (Å²) < 4.78 is 59.7. The Kier molecular flexibility index (Phi) is 18.9. The van der Waals surface area contributed by atoms with Crippen LogP contribution < -0.4 is 47.7 Å². The van der Waals surface area contributed by atoms with Gasteiger partial charge in [-0.3, -0.25) is 0 Å². The van der Waals surface area contributed by atoms with Crippen molar-refractivity contribution in [2.75, 3.05) is 0 Å². The topological polar surface area (TPSA) is 123 Å². The van der Waals surface area contributed by atoms with Crippen molar-refractivity contribution in [3.8, 4) is 51.7 Å². The second-order valence-corrected chi connectivity index (χ2v) is 23.4. The van der Waals surface area contributed by atoms with Crippen molar-refractivity contribution in [2.45, 2.75) is 233 Å². The van der Waals surface area contributed by atoms with E-state index < -0.39 is 22.3 Å². The third-order valence-corrected chi connectivity index (χ3v) is 13.8. The summed E-state index contributed by atoms with van der Waals surface area (Å²) in [5.41, 5.74) is -0.394. The van der Waals surface area contributed by atoms with Crippen LogP contribution in [-0.2, 0) is 15.7 Å². The maximum Gasteiger partial charge on any atom is 0.250 e. The lowest BCUT2D eigenvalue weighted by Gasteiger charge is -2.57. The molecule has 4 saturated carbocycles. The number of carbonyl (C=O) groups is 1. The van der Waals surface area contributed by atoms with E-state index in [1.54, 1.807) is 0 Å². The van der Waals surface area contributed by atoms with E-state index in [9.17, 15) is 9.90 Å². The smallest absolute Gasteiger partial charge is 0.250 e. The van der Waals surface area contributed by atoms with E-state index in [2.05, 4.69) is 0 Å². The fourth-order valence-electron chi connectivity index (χ4n) is 10.00.